The van der Waals surface area contributed by atoms with Crippen LogP contribution in [0.3, 0.4) is 0 Å². The minimum Gasteiger partial charge on any atom is -0.0723 e. The molecular formula is C26H26. The summed E-state index contributed by atoms with van der Waals surface area (Å²) in [5.74, 6) is 0. The second-order valence-electron chi connectivity index (χ2n) is 7.55. The lowest BCUT2D eigenvalue weighted by molar-refractivity contribution is 1.22. The zero-order valence-electron chi connectivity index (χ0n) is 16.2. The van der Waals surface area contributed by atoms with E-state index in [1.165, 1.54) is 55.7 Å². The zero-order chi connectivity index (χ0) is 18.3. The van der Waals surface area contributed by atoms with Crippen LogP contribution in [0.25, 0.3) is 22.3 Å². The predicted molar refractivity (Wildman–Crippen MR) is 114 cm³/mol. The van der Waals surface area contributed by atoms with Crippen molar-refractivity contribution in [3.8, 4) is 11.1 Å². The van der Waals surface area contributed by atoms with Gasteiger partial charge in [0.2, 0.25) is 0 Å². The highest BCUT2D eigenvalue weighted by molar-refractivity contribution is 5.95. The third kappa shape index (κ3) is 2.70. The van der Waals surface area contributed by atoms with Crippen LogP contribution in [0.2, 0.25) is 0 Å². The third-order valence-electron chi connectivity index (χ3n) is 6.04. The van der Waals surface area contributed by atoms with E-state index in [0.29, 0.717) is 0 Å². The topological polar surface area (TPSA) is 0 Å². The molecule has 2 aromatic carbocycles. The second-order valence-corrected chi connectivity index (χ2v) is 7.55. The molecular weight excluding hydrogens is 312 g/mol. The van der Waals surface area contributed by atoms with Gasteiger partial charge in [-0.05, 0) is 85.1 Å². The molecule has 0 radical (unpaired) electrons. The van der Waals surface area contributed by atoms with E-state index in [1.807, 2.05) is 0 Å². The molecule has 4 rings (SSSR count). The van der Waals surface area contributed by atoms with Gasteiger partial charge >= 0.3 is 0 Å². The SMILES string of the molecule is CC1=C(C)C(c2ccccc2-c2ccccc2C2=CCC(C)=C2C)=CC1. The van der Waals surface area contributed by atoms with Crippen LogP contribution in [0.5, 0.6) is 0 Å². The van der Waals surface area contributed by atoms with E-state index in [0.717, 1.165) is 12.8 Å². The van der Waals surface area contributed by atoms with Crippen LogP contribution < -0.4 is 0 Å². The van der Waals surface area contributed by atoms with Gasteiger partial charge in [0.15, 0.2) is 0 Å². The van der Waals surface area contributed by atoms with Crippen LogP contribution >= 0.6 is 0 Å². The molecule has 26 heavy (non-hydrogen) atoms. The van der Waals surface area contributed by atoms with Crippen molar-refractivity contribution >= 4 is 11.1 Å². The van der Waals surface area contributed by atoms with Crippen LogP contribution in [-0.2, 0) is 0 Å². The molecule has 0 unspecified atom stereocenters. The van der Waals surface area contributed by atoms with Crippen LogP contribution in [0.15, 0.2) is 83.0 Å². The summed E-state index contributed by atoms with van der Waals surface area (Å²) in [5, 5.41) is 0. The summed E-state index contributed by atoms with van der Waals surface area (Å²) in [4.78, 5) is 0. The van der Waals surface area contributed by atoms with Crippen molar-refractivity contribution in [1.82, 2.24) is 0 Å². The maximum Gasteiger partial charge on any atom is -0.00992 e. The summed E-state index contributed by atoms with van der Waals surface area (Å²) in [6, 6.07) is 17.7. The molecule has 0 saturated heterocycles. The average molecular weight is 338 g/mol. The number of allylic oxidation sites excluding steroid dienone is 8. The Labute approximate surface area is 157 Å². The van der Waals surface area contributed by atoms with Gasteiger partial charge in [-0.25, -0.2) is 0 Å². The first-order valence-electron chi connectivity index (χ1n) is 9.51. The lowest BCUT2D eigenvalue weighted by Gasteiger charge is -2.17. The molecule has 0 saturated carbocycles. The number of hydrogen-bond acceptors (Lipinski definition) is 0. The molecule has 2 aromatic rings. The Morgan fingerprint density at radius 3 is 1.15 bits per heavy atom. The molecule has 0 N–H and O–H groups in total. The highest BCUT2D eigenvalue weighted by Gasteiger charge is 2.20. The molecule has 0 aromatic heterocycles. The van der Waals surface area contributed by atoms with Gasteiger partial charge in [-0.1, -0.05) is 71.8 Å². The fourth-order valence-corrected chi connectivity index (χ4v) is 4.11. The van der Waals surface area contributed by atoms with Crippen LogP contribution in [0, 0.1) is 0 Å². The molecule has 0 nitrogen and oxygen atoms in total. The summed E-state index contributed by atoms with van der Waals surface area (Å²) >= 11 is 0. The lowest BCUT2D eigenvalue weighted by Crippen LogP contribution is -1.94. The highest BCUT2D eigenvalue weighted by Crippen LogP contribution is 2.42. The summed E-state index contributed by atoms with van der Waals surface area (Å²) in [6.07, 6.45) is 6.92. The first kappa shape index (κ1) is 16.8. The largest absolute Gasteiger partial charge is 0.0723 e. The fourth-order valence-electron chi connectivity index (χ4n) is 4.11. The van der Waals surface area contributed by atoms with Crippen LogP contribution in [0.1, 0.15) is 51.7 Å². The molecule has 2 aliphatic rings. The van der Waals surface area contributed by atoms with Crippen molar-refractivity contribution in [2.24, 2.45) is 0 Å². The van der Waals surface area contributed by atoms with Gasteiger partial charge in [-0.3, -0.25) is 0 Å². The van der Waals surface area contributed by atoms with E-state index in [2.05, 4.69) is 88.4 Å². The summed E-state index contributed by atoms with van der Waals surface area (Å²) in [7, 11) is 0. The van der Waals surface area contributed by atoms with Gasteiger partial charge in [-0.15, -0.1) is 0 Å². The Hall–Kier alpha value is -2.60. The molecule has 0 bridgehead atoms. The van der Waals surface area contributed by atoms with Crippen molar-refractivity contribution in [3.63, 3.8) is 0 Å². The van der Waals surface area contributed by atoms with Gasteiger partial charge in [0, 0.05) is 0 Å². The van der Waals surface area contributed by atoms with Gasteiger partial charge < -0.3 is 0 Å². The smallest absolute Gasteiger partial charge is 0.00992 e. The number of rotatable bonds is 3. The first-order chi connectivity index (χ1) is 12.6. The Morgan fingerprint density at radius 2 is 0.846 bits per heavy atom. The minimum absolute atomic E-state index is 1.07. The van der Waals surface area contributed by atoms with Gasteiger partial charge in [0.1, 0.15) is 0 Å². The molecule has 2 aliphatic carbocycles. The Balaban J connectivity index is 1.90. The van der Waals surface area contributed by atoms with E-state index in [-0.39, 0.29) is 0 Å². The van der Waals surface area contributed by atoms with E-state index >= 15 is 0 Å². The Morgan fingerprint density at radius 1 is 0.500 bits per heavy atom. The molecule has 130 valence electrons. The van der Waals surface area contributed by atoms with Crippen molar-refractivity contribution in [1.29, 1.82) is 0 Å². The maximum absolute atomic E-state index is 2.39. The summed E-state index contributed by atoms with van der Waals surface area (Å²) in [6.45, 7) is 9.00. The zero-order valence-corrected chi connectivity index (χ0v) is 16.2. The summed E-state index contributed by atoms with van der Waals surface area (Å²) < 4.78 is 0. The lowest BCUT2D eigenvalue weighted by atomic mass is 9.87. The molecule has 0 heteroatoms. The minimum atomic E-state index is 1.07. The van der Waals surface area contributed by atoms with Crippen molar-refractivity contribution < 1.29 is 0 Å². The van der Waals surface area contributed by atoms with Crippen LogP contribution in [-0.4, -0.2) is 0 Å². The van der Waals surface area contributed by atoms with E-state index in [9.17, 15) is 0 Å². The predicted octanol–water partition coefficient (Wildman–Crippen LogP) is 7.60. The molecule has 0 heterocycles. The van der Waals surface area contributed by atoms with E-state index < -0.39 is 0 Å². The molecule has 0 aliphatic heterocycles. The highest BCUT2D eigenvalue weighted by atomic mass is 14.2. The van der Waals surface area contributed by atoms with Crippen molar-refractivity contribution in [2.75, 3.05) is 0 Å². The van der Waals surface area contributed by atoms with E-state index in [4.69, 9.17) is 0 Å². The van der Waals surface area contributed by atoms with Gasteiger partial charge in [0.25, 0.3) is 0 Å². The number of benzene rings is 2. The van der Waals surface area contributed by atoms with E-state index in [1.54, 1.807) is 0 Å². The standard InChI is InChI=1S/C26H26/c1-17-13-15-21(19(17)3)23-9-5-7-11-25(23)26-12-8-6-10-24(26)22-16-14-18(2)20(22)4/h5-12,15-16H,13-14H2,1-4H3. The molecule has 0 fully saturated rings. The number of hydrogen-bond donors (Lipinski definition) is 0. The molecule has 0 spiro atoms. The maximum atomic E-state index is 2.39. The second kappa shape index (κ2) is 6.61. The Kier molecular flexibility index (Phi) is 4.28. The first-order valence-corrected chi connectivity index (χ1v) is 9.51. The van der Waals surface area contributed by atoms with Gasteiger partial charge in [-0.2, -0.15) is 0 Å². The summed E-state index contributed by atoms with van der Waals surface area (Å²) in [5.41, 5.74) is 14.0. The molecule has 0 atom stereocenters. The molecule has 0 amide bonds. The van der Waals surface area contributed by atoms with Crippen molar-refractivity contribution in [2.45, 2.75) is 40.5 Å². The normalized spacial score (nSPS) is 17.1. The van der Waals surface area contributed by atoms with Gasteiger partial charge in [0.05, 0.1) is 0 Å². The average Bonchev–Trinajstić information content (AvgIpc) is 3.17. The quantitative estimate of drug-likeness (QED) is 0.540. The third-order valence-corrected chi connectivity index (χ3v) is 6.04. The van der Waals surface area contributed by atoms with Crippen molar-refractivity contribution in [3.05, 3.63) is 94.1 Å². The Bertz CT molecular complexity index is 922. The fraction of sp³-hybridized carbons (Fsp3) is 0.231. The monoisotopic (exact) mass is 338 g/mol. The van der Waals surface area contributed by atoms with Crippen LogP contribution in [0.4, 0.5) is 0 Å².